The van der Waals surface area contributed by atoms with Crippen LogP contribution in [0.15, 0.2) is 0 Å². The largest absolute Gasteiger partial charge is 0.494 e. The average Bonchev–Trinajstić information content (AvgIpc) is 2.52. The molecule has 0 radical (unpaired) electrons. The molecule has 22 heavy (non-hydrogen) atoms. The number of carbonyl (C=O) groups excluding carboxylic acids is 1. The first kappa shape index (κ1) is 21.5. The summed E-state index contributed by atoms with van der Waals surface area (Å²) in [7, 11) is -1.84. The van der Waals surface area contributed by atoms with E-state index in [9.17, 15) is 4.79 Å². The second-order valence-corrected chi connectivity index (χ2v) is 11.1. The predicted molar refractivity (Wildman–Crippen MR) is 96.9 cm³/mol. The lowest BCUT2D eigenvalue weighted by Crippen LogP contribution is -2.35. The number of hydrogen-bond donors (Lipinski definition) is 0. The molecular formula is C18H38O3Si. The minimum absolute atomic E-state index is 0.450. The molecule has 0 spiro atoms. The Bertz CT molecular complexity index is 265. The summed E-state index contributed by atoms with van der Waals surface area (Å²) in [6.45, 7) is 9.03. The smallest absolute Gasteiger partial charge is 0.489 e. The van der Waals surface area contributed by atoms with Crippen molar-refractivity contribution in [3.05, 3.63) is 0 Å². The van der Waals surface area contributed by atoms with Crippen molar-refractivity contribution in [3.63, 3.8) is 0 Å². The van der Waals surface area contributed by atoms with Crippen LogP contribution in [-0.4, -0.2) is 21.1 Å². The maximum absolute atomic E-state index is 11.6. The molecule has 0 saturated carbocycles. The van der Waals surface area contributed by atoms with Gasteiger partial charge in [-0.05, 0) is 25.1 Å². The summed E-state index contributed by atoms with van der Waals surface area (Å²) in [6.07, 6.45) is 12.4. The van der Waals surface area contributed by atoms with Crippen LogP contribution in [0.3, 0.4) is 0 Å². The van der Waals surface area contributed by atoms with Crippen molar-refractivity contribution in [2.24, 2.45) is 0 Å². The van der Waals surface area contributed by atoms with E-state index >= 15 is 0 Å². The van der Waals surface area contributed by atoms with E-state index in [-0.39, 0.29) is 0 Å². The van der Waals surface area contributed by atoms with Gasteiger partial charge in [0.05, 0.1) is 6.61 Å². The van der Waals surface area contributed by atoms with Crippen LogP contribution in [0.1, 0.15) is 85.0 Å². The van der Waals surface area contributed by atoms with Gasteiger partial charge in [-0.2, -0.15) is 0 Å². The lowest BCUT2D eigenvalue weighted by Gasteiger charge is -2.23. The lowest BCUT2D eigenvalue weighted by molar-refractivity contribution is 0.0943. The van der Waals surface area contributed by atoms with E-state index < -0.39 is 14.5 Å². The van der Waals surface area contributed by atoms with Crippen LogP contribution < -0.4 is 0 Å². The number of unbranched alkanes of at least 4 members (excludes halogenated alkanes) is 9. The highest BCUT2D eigenvalue weighted by Gasteiger charge is 2.29. The molecule has 132 valence electrons. The Hall–Kier alpha value is -0.513. The topological polar surface area (TPSA) is 35.5 Å². The fourth-order valence-electron chi connectivity index (χ4n) is 2.37. The van der Waals surface area contributed by atoms with E-state index in [2.05, 4.69) is 27.3 Å². The van der Waals surface area contributed by atoms with Crippen LogP contribution in [0.2, 0.25) is 18.6 Å². The summed E-state index contributed by atoms with van der Waals surface area (Å²) in [4.78, 5) is 11.6. The Morgan fingerprint density at radius 1 is 0.773 bits per heavy atom. The molecule has 0 aliphatic heterocycles. The Balaban J connectivity index is 3.37. The zero-order chi connectivity index (χ0) is 16.7. The van der Waals surface area contributed by atoms with Gasteiger partial charge in [0.15, 0.2) is 0 Å². The summed E-state index contributed by atoms with van der Waals surface area (Å²) >= 11 is 0. The van der Waals surface area contributed by atoms with Crippen molar-refractivity contribution in [1.82, 2.24) is 0 Å². The molecule has 0 aromatic carbocycles. The van der Waals surface area contributed by atoms with Gasteiger partial charge in [-0.3, -0.25) is 0 Å². The first-order chi connectivity index (χ1) is 10.6. The summed E-state index contributed by atoms with van der Waals surface area (Å²) in [6, 6.07) is 1.91. The van der Waals surface area contributed by atoms with E-state index in [4.69, 9.17) is 9.16 Å². The second kappa shape index (κ2) is 14.1. The number of ether oxygens (including phenoxy) is 1. The van der Waals surface area contributed by atoms with Crippen LogP contribution in [0, 0.1) is 0 Å². The molecule has 0 atom stereocenters. The van der Waals surface area contributed by atoms with Crippen LogP contribution in [0.25, 0.3) is 0 Å². The zero-order valence-electron chi connectivity index (χ0n) is 15.4. The van der Waals surface area contributed by atoms with Crippen LogP contribution in [-0.2, 0) is 9.16 Å². The molecule has 0 N–H and O–H groups in total. The van der Waals surface area contributed by atoms with Crippen molar-refractivity contribution in [2.45, 2.75) is 104 Å². The Kier molecular flexibility index (Phi) is 13.8. The molecule has 0 fully saturated rings. The van der Waals surface area contributed by atoms with Crippen molar-refractivity contribution in [3.8, 4) is 0 Å². The van der Waals surface area contributed by atoms with Crippen molar-refractivity contribution < 1.29 is 14.0 Å². The number of rotatable bonds is 14. The predicted octanol–water partition coefficient (Wildman–Crippen LogP) is 6.68. The third-order valence-electron chi connectivity index (χ3n) is 4.54. The standard InChI is InChI=1S/C18H38O3Si/c1-5-8-9-10-11-12-13-14-15-16-17-20-18(19)21-22(4,6-2)7-3/h5-17H2,1-4H3. The van der Waals surface area contributed by atoms with E-state index in [1.165, 1.54) is 51.4 Å². The minimum atomic E-state index is -1.84. The van der Waals surface area contributed by atoms with Gasteiger partial charge in [0.25, 0.3) is 8.32 Å². The van der Waals surface area contributed by atoms with E-state index in [0.29, 0.717) is 6.61 Å². The van der Waals surface area contributed by atoms with Crippen molar-refractivity contribution in [2.75, 3.05) is 6.61 Å². The van der Waals surface area contributed by atoms with Crippen LogP contribution in [0.5, 0.6) is 0 Å². The molecule has 0 aromatic rings. The van der Waals surface area contributed by atoms with E-state index in [1.54, 1.807) is 0 Å². The first-order valence-corrected chi connectivity index (χ1v) is 12.3. The van der Waals surface area contributed by atoms with Gasteiger partial charge < -0.3 is 9.16 Å². The summed E-state index contributed by atoms with van der Waals surface area (Å²) < 4.78 is 10.7. The fraction of sp³-hybridized carbons (Fsp3) is 0.944. The second-order valence-electron chi connectivity index (χ2n) is 6.54. The molecule has 0 heterocycles. The Morgan fingerprint density at radius 3 is 1.68 bits per heavy atom. The Labute approximate surface area is 139 Å². The van der Waals surface area contributed by atoms with Crippen LogP contribution >= 0.6 is 0 Å². The third-order valence-corrected chi connectivity index (χ3v) is 8.19. The molecule has 0 saturated heterocycles. The molecule has 0 bridgehead atoms. The molecule has 0 amide bonds. The molecule has 0 rings (SSSR count). The monoisotopic (exact) mass is 330 g/mol. The van der Waals surface area contributed by atoms with Gasteiger partial charge >= 0.3 is 6.16 Å². The van der Waals surface area contributed by atoms with Gasteiger partial charge in [-0.25, -0.2) is 4.79 Å². The first-order valence-electron chi connectivity index (χ1n) is 9.43. The zero-order valence-corrected chi connectivity index (χ0v) is 16.4. The van der Waals surface area contributed by atoms with Gasteiger partial charge in [0.1, 0.15) is 0 Å². The molecule has 3 nitrogen and oxygen atoms in total. The lowest BCUT2D eigenvalue weighted by atomic mass is 10.1. The molecule has 0 aromatic heterocycles. The normalized spacial score (nSPS) is 11.5. The number of carbonyl (C=O) groups is 1. The highest BCUT2D eigenvalue weighted by atomic mass is 28.4. The molecule has 0 unspecified atom stereocenters. The van der Waals surface area contributed by atoms with Gasteiger partial charge in [0, 0.05) is 0 Å². The molecule has 4 heteroatoms. The SMILES string of the molecule is CCCCCCCCCCCCOC(=O)O[Si](C)(CC)CC. The summed E-state index contributed by atoms with van der Waals surface area (Å²) in [5.41, 5.74) is 0. The molecule has 0 aliphatic carbocycles. The van der Waals surface area contributed by atoms with Crippen molar-refractivity contribution >= 4 is 14.5 Å². The Morgan fingerprint density at radius 2 is 1.23 bits per heavy atom. The van der Waals surface area contributed by atoms with Gasteiger partial charge in [-0.15, -0.1) is 0 Å². The highest BCUT2D eigenvalue weighted by molar-refractivity contribution is 6.73. The van der Waals surface area contributed by atoms with Gasteiger partial charge in [-0.1, -0.05) is 78.6 Å². The summed E-state index contributed by atoms with van der Waals surface area (Å²) in [5, 5.41) is 0. The van der Waals surface area contributed by atoms with Gasteiger partial charge in [0.2, 0.25) is 0 Å². The minimum Gasteiger partial charge on any atom is -0.489 e. The van der Waals surface area contributed by atoms with E-state index in [1.807, 2.05) is 0 Å². The summed E-state index contributed by atoms with van der Waals surface area (Å²) in [5.74, 6) is 0. The number of hydrogen-bond acceptors (Lipinski definition) is 3. The fourth-order valence-corrected chi connectivity index (χ4v) is 3.62. The highest BCUT2D eigenvalue weighted by Crippen LogP contribution is 2.17. The molecular weight excluding hydrogens is 292 g/mol. The average molecular weight is 331 g/mol. The molecule has 0 aliphatic rings. The third kappa shape index (κ3) is 12.1. The van der Waals surface area contributed by atoms with E-state index in [0.717, 1.165) is 24.9 Å². The van der Waals surface area contributed by atoms with Crippen molar-refractivity contribution in [1.29, 1.82) is 0 Å². The maximum Gasteiger partial charge on any atom is 0.494 e. The quantitative estimate of drug-likeness (QED) is 0.202. The maximum atomic E-state index is 11.6. The van der Waals surface area contributed by atoms with Crippen LogP contribution in [0.4, 0.5) is 4.79 Å².